The largest absolute Gasteiger partial charge is 0.325 e. The molecule has 1 amide bonds. The summed E-state index contributed by atoms with van der Waals surface area (Å²) in [5.41, 5.74) is 1.91. The average Bonchev–Trinajstić information content (AvgIpc) is 3.05. The Hall–Kier alpha value is -1.57. The first-order valence-corrected chi connectivity index (χ1v) is 7.93. The Morgan fingerprint density at radius 1 is 1.32 bits per heavy atom. The molecule has 96 valence electrons. The molecule has 3 rings (SSSR count). The quantitative estimate of drug-likeness (QED) is 0.551. The summed E-state index contributed by atoms with van der Waals surface area (Å²) < 4.78 is 5.55. The molecule has 0 saturated heterocycles. The molecule has 4 nitrogen and oxygen atoms in total. The molecule has 0 aliphatic carbocycles. The second-order valence-corrected chi connectivity index (χ2v) is 6.68. The number of amides is 1. The van der Waals surface area contributed by atoms with E-state index < -0.39 is 0 Å². The van der Waals surface area contributed by atoms with Crippen LogP contribution >= 0.6 is 34.6 Å². The first-order chi connectivity index (χ1) is 9.35. The number of fused-ring (bicyclic) bond motifs is 1. The summed E-state index contributed by atoms with van der Waals surface area (Å²) in [7, 11) is 0. The van der Waals surface area contributed by atoms with E-state index in [9.17, 15) is 4.79 Å². The number of carbonyl (C=O) groups excluding carboxylic acids is 1. The SMILES string of the molecule is O=CNc1nc2ccc(NSc3cccs3)cc2s1. The minimum Gasteiger partial charge on any atom is -0.325 e. The van der Waals surface area contributed by atoms with E-state index in [1.165, 1.54) is 15.5 Å². The molecule has 0 radical (unpaired) electrons. The van der Waals surface area contributed by atoms with Crippen molar-refractivity contribution in [1.29, 1.82) is 0 Å². The normalized spacial score (nSPS) is 10.5. The van der Waals surface area contributed by atoms with Gasteiger partial charge >= 0.3 is 0 Å². The number of hydrogen-bond donors (Lipinski definition) is 2. The van der Waals surface area contributed by atoms with Crippen molar-refractivity contribution in [1.82, 2.24) is 4.98 Å². The molecule has 0 saturated carbocycles. The third-order valence-electron chi connectivity index (χ3n) is 2.34. The van der Waals surface area contributed by atoms with Crippen molar-refractivity contribution < 1.29 is 4.79 Å². The fraction of sp³-hybridized carbons (Fsp3) is 0. The van der Waals surface area contributed by atoms with Crippen LogP contribution in [0.1, 0.15) is 0 Å². The van der Waals surface area contributed by atoms with Gasteiger partial charge in [0.15, 0.2) is 5.13 Å². The molecular formula is C12H9N3OS3. The Balaban J connectivity index is 1.78. The number of aromatic nitrogens is 1. The summed E-state index contributed by atoms with van der Waals surface area (Å²) in [6.45, 7) is 0. The van der Waals surface area contributed by atoms with Gasteiger partial charge in [-0.05, 0) is 41.6 Å². The van der Waals surface area contributed by atoms with Crippen molar-refractivity contribution in [2.24, 2.45) is 0 Å². The third kappa shape index (κ3) is 2.89. The topological polar surface area (TPSA) is 54.0 Å². The molecule has 0 fully saturated rings. The van der Waals surface area contributed by atoms with Gasteiger partial charge in [0.05, 0.1) is 14.4 Å². The number of thiophene rings is 1. The number of rotatable bonds is 5. The zero-order chi connectivity index (χ0) is 13.1. The van der Waals surface area contributed by atoms with E-state index in [1.54, 1.807) is 23.3 Å². The Bertz CT molecular complexity index is 693. The number of hydrogen-bond acceptors (Lipinski definition) is 6. The van der Waals surface area contributed by atoms with Gasteiger partial charge in [-0.3, -0.25) is 4.79 Å². The van der Waals surface area contributed by atoms with Crippen LogP contribution in [0.3, 0.4) is 0 Å². The van der Waals surface area contributed by atoms with E-state index >= 15 is 0 Å². The fourth-order valence-electron chi connectivity index (χ4n) is 1.53. The Morgan fingerprint density at radius 2 is 2.26 bits per heavy atom. The summed E-state index contributed by atoms with van der Waals surface area (Å²) in [4.78, 5) is 14.7. The highest BCUT2D eigenvalue weighted by Gasteiger charge is 2.04. The minimum atomic E-state index is 0.619. The molecule has 3 aromatic rings. The molecule has 2 aromatic heterocycles. The summed E-state index contributed by atoms with van der Waals surface area (Å²) in [5, 5.41) is 5.24. The zero-order valence-corrected chi connectivity index (χ0v) is 12.1. The monoisotopic (exact) mass is 307 g/mol. The maximum atomic E-state index is 10.4. The first-order valence-electron chi connectivity index (χ1n) is 5.42. The predicted molar refractivity (Wildman–Crippen MR) is 83.1 cm³/mol. The van der Waals surface area contributed by atoms with Crippen molar-refractivity contribution in [2.45, 2.75) is 4.21 Å². The second-order valence-electron chi connectivity index (χ2n) is 3.60. The summed E-state index contributed by atoms with van der Waals surface area (Å²) in [6, 6.07) is 10.0. The third-order valence-corrected chi connectivity index (χ3v) is 5.16. The van der Waals surface area contributed by atoms with Gasteiger partial charge in [-0.2, -0.15) is 0 Å². The molecule has 0 unspecified atom stereocenters. The van der Waals surface area contributed by atoms with E-state index in [1.807, 2.05) is 29.6 Å². The van der Waals surface area contributed by atoms with Gasteiger partial charge in [0.2, 0.25) is 6.41 Å². The van der Waals surface area contributed by atoms with Crippen LogP contribution in [0.5, 0.6) is 0 Å². The van der Waals surface area contributed by atoms with Crippen LogP contribution in [0.4, 0.5) is 10.8 Å². The lowest BCUT2D eigenvalue weighted by Crippen LogP contribution is -1.91. The molecule has 19 heavy (non-hydrogen) atoms. The van der Waals surface area contributed by atoms with Gasteiger partial charge in [0.25, 0.3) is 0 Å². The standard InChI is InChI=1S/C12H9N3OS3/c16-7-13-12-14-9-4-3-8(6-10(9)18-12)15-19-11-2-1-5-17-11/h1-7,15H,(H,13,14,16). The van der Waals surface area contributed by atoms with Crippen LogP contribution in [-0.4, -0.2) is 11.4 Å². The van der Waals surface area contributed by atoms with E-state index in [0.29, 0.717) is 11.5 Å². The van der Waals surface area contributed by atoms with Crippen LogP contribution in [0, 0.1) is 0 Å². The number of anilines is 2. The maximum absolute atomic E-state index is 10.4. The molecule has 2 heterocycles. The molecule has 0 aliphatic rings. The van der Waals surface area contributed by atoms with Crippen molar-refractivity contribution in [2.75, 3.05) is 10.0 Å². The maximum Gasteiger partial charge on any atom is 0.213 e. The number of nitrogens with one attached hydrogen (secondary N) is 2. The van der Waals surface area contributed by atoms with E-state index in [4.69, 9.17) is 0 Å². The Morgan fingerprint density at radius 3 is 3.05 bits per heavy atom. The molecule has 2 N–H and O–H groups in total. The number of thiazole rings is 1. The summed E-state index contributed by atoms with van der Waals surface area (Å²) in [5.74, 6) is 0. The fourth-order valence-corrected chi connectivity index (χ4v) is 3.82. The van der Waals surface area contributed by atoms with Crippen LogP contribution < -0.4 is 10.0 Å². The lowest BCUT2D eigenvalue weighted by molar-refractivity contribution is -0.105. The summed E-state index contributed by atoms with van der Waals surface area (Å²) >= 11 is 4.74. The number of benzene rings is 1. The second kappa shape index (κ2) is 5.60. The average molecular weight is 307 g/mol. The lowest BCUT2D eigenvalue weighted by atomic mass is 10.3. The van der Waals surface area contributed by atoms with Crippen LogP contribution in [-0.2, 0) is 4.79 Å². The minimum absolute atomic E-state index is 0.619. The van der Waals surface area contributed by atoms with Crippen molar-refractivity contribution in [3.63, 3.8) is 0 Å². The van der Waals surface area contributed by atoms with E-state index in [0.717, 1.165) is 15.9 Å². The van der Waals surface area contributed by atoms with E-state index in [-0.39, 0.29) is 0 Å². The van der Waals surface area contributed by atoms with Crippen molar-refractivity contribution >= 4 is 62.1 Å². The number of nitrogens with zero attached hydrogens (tertiary/aromatic N) is 1. The highest BCUT2D eigenvalue weighted by atomic mass is 32.2. The van der Waals surface area contributed by atoms with Gasteiger partial charge in [0, 0.05) is 5.69 Å². The molecular weight excluding hydrogens is 298 g/mol. The van der Waals surface area contributed by atoms with Gasteiger partial charge in [-0.1, -0.05) is 17.4 Å². The predicted octanol–water partition coefficient (Wildman–Crippen LogP) is 4.05. The Labute approximate surface area is 122 Å². The molecule has 0 aliphatic heterocycles. The van der Waals surface area contributed by atoms with Gasteiger partial charge in [-0.25, -0.2) is 4.98 Å². The van der Waals surface area contributed by atoms with Gasteiger partial charge < -0.3 is 10.0 Å². The zero-order valence-electron chi connectivity index (χ0n) is 9.62. The van der Waals surface area contributed by atoms with Crippen molar-refractivity contribution in [3.8, 4) is 0 Å². The van der Waals surface area contributed by atoms with Crippen LogP contribution in [0.25, 0.3) is 10.2 Å². The molecule has 0 spiro atoms. The highest BCUT2D eigenvalue weighted by Crippen LogP contribution is 2.30. The van der Waals surface area contributed by atoms with Crippen LogP contribution in [0.2, 0.25) is 0 Å². The lowest BCUT2D eigenvalue weighted by Gasteiger charge is -2.02. The Kier molecular flexibility index (Phi) is 3.67. The van der Waals surface area contributed by atoms with Crippen molar-refractivity contribution in [3.05, 3.63) is 35.7 Å². The van der Waals surface area contributed by atoms with Crippen LogP contribution in [0.15, 0.2) is 39.9 Å². The van der Waals surface area contributed by atoms with Gasteiger partial charge in [0.1, 0.15) is 0 Å². The molecule has 7 heteroatoms. The molecule has 0 bridgehead atoms. The molecule has 0 atom stereocenters. The number of carbonyl (C=O) groups is 1. The highest BCUT2D eigenvalue weighted by molar-refractivity contribution is 8.02. The summed E-state index contributed by atoms with van der Waals surface area (Å²) in [6.07, 6.45) is 0.642. The van der Waals surface area contributed by atoms with E-state index in [2.05, 4.69) is 21.1 Å². The smallest absolute Gasteiger partial charge is 0.213 e. The first kappa shape index (κ1) is 12.5. The molecule has 1 aromatic carbocycles. The van der Waals surface area contributed by atoms with Gasteiger partial charge in [-0.15, -0.1) is 11.3 Å².